The van der Waals surface area contributed by atoms with Gasteiger partial charge in [-0.1, -0.05) is 24.6 Å². The highest BCUT2D eigenvalue weighted by atomic mass is 16.4. The lowest BCUT2D eigenvalue weighted by molar-refractivity contribution is -0.157. The molecule has 1 aromatic rings. The Kier molecular flexibility index (Phi) is 3.36. The number of amides is 1. The maximum absolute atomic E-state index is 12.1. The maximum atomic E-state index is 12.1. The van der Waals surface area contributed by atoms with Gasteiger partial charge in [-0.3, -0.25) is 9.59 Å². The first-order valence-corrected chi connectivity index (χ1v) is 6.10. The summed E-state index contributed by atoms with van der Waals surface area (Å²) in [5.41, 5.74) is -0.0255. The number of carboxylic acids is 1. The second kappa shape index (κ2) is 4.80. The van der Waals surface area contributed by atoms with Crippen LogP contribution in [0.2, 0.25) is 0 Å². The van der Waals surface area contributed by atoms with Crippen LogP contribution in [0.15, 0.2) is 30.3 Å². The quantitative estimate of drug-likeness (QED) is 0.888. The van der Waals surface area contributed by atoms with E-state index >= 15 is 0 Å². The lowest BCUT2D eigenvalue weighted by atomic mass is 9.66. The minimum atomic E-state index is -0.844. The molecule has 1 N–H and O–H groups in total. The molecule has 1 aliphatic rings. The molecule has 1 aromatic carbocycles. The smallest absolute Gasteiger partial charge is 0.310 e. The number of nitrogens with zero attached hydrogens (tertiary/aromatic N) is 1. The van der Waals surface area contributed by atoms with Crippen molar-refractivity contribution >= 4 is 17.6 Å². The lowest BCUT2D eigenvalue weighted by Crippen LogP contribution is -2.43. The number of hydrogen-bond donors (Lipinski definition) is 1. The fourth-order valence-electron chi connectivity index (χ4n) is 2.27. The topological polar surface area (TPSA) is 57.6 Å². The van der Waals surface area contributed by atoms with Crippen LogP contribution in [0.5, 0.6) is 0 Å². The Bertz CT molecular complexity index is 451. The van der Waals surface area contributed by atoms with E-state index in [9.17, 15) is 14.7 Å². The molecular weight excluding hydrogens is 230 g/mol. The molecule has 96 valence electrons. The van der Waals surface area contributed by atoms with E-state index in [2.05, 4.69) is 0 Å². The number of para-hydroxylation sites is 1. The summed E-state index contributed by atoms with van der Waals surface area (Å²) in [4.78, 5) is 24.9. The number of rotatable bonds is 4. The largest absolute Gasteiger partial charge is 0.481 e. The summed E-state index contributed by atoms with van der Waals surface area (Å²) in [5.74, 6) is -0.980. The molecule has 0 aliphatic heterocycles. The van der Waals surface area contributed by atoms with Gasteiger partial charge in [-0.25, -0.2) is 0 Å². The number of aliphatic carboxylic acids is 1. The molecule has 1 amide bonds. The molecule has 0 unspecified atom stereocenters. The van der Waals surface area contributed by atoms with Gasteiger partial charge in [0.15, 0.2) is 0 Å². The van der Waals surface area contributed by atoms with E-state index in [1.54, 1.807) is 7.05 Å². The van der Waals surface area contributed by atoms with E-state index in [1.807, 2.05) is 30.3 Å². The van der Waals surface area contributed by atoms with Crippen molar-refractivity contribution in [2.75, 3.05) is 11.9 Å². The van der Waals surface area contributed by atoms with Gasteiger partial charge in [0.2, 0.25) is 5.91 Å². The zero-order chi connectivity index (χ0) is 13.2. The van der Waals surface area contributed by atoms with Crippen molar-refractivity contribution < 1.29 is 14.7 Å². The molecule has 2 rings (SSSR count). The van der Waals surface area contributed by atoms with Crippen LogP contribution in [0.4, 0.5) is 5.69 Å². The van der Waals surface area contributed by atoms with E-state index in [-0.39, 0.29) is 12.3 Å². The molecule has 0 bridgehead atoms. The highest BCUT2D eigenvalue weighted by Gasteiger charge is 2.46. The van der Waals surface area contributed by atoms with E-state index in [0.29, 0.717) is 12.8 Å². The first-order chi connectivity index (χ1) is 8.55. The predicted octanol–water partition coefficient (Wildman–Crippen LogP) is 2.29. The van der Waals surface area contributed by atoms with Crippen LogP contribution < -0.4 is 4.90 Å². The van der Waals surface area contributed by atoms with E-state index in [4.69, 9.17) is 0 Å². The van der Waals surface area contributed by atoms with Gasteiger partial charge in [0.05, 0.1) is 5.41 Å². The van der Waals surface area contributed by atoms with Crippen LogP contribution in [0, 0.1) is 5.41 Å². The third-order valence-corrected chi connectivity index (χ3v) is 3.77. The molecule has 0 radical (unpaired) electrons. The Balaban J connectivity index is 2.06. The van der Waals surface area contributed by atoms with Crippen molar-refractivity contribution in [3.05, 3.63) is 30.3 Å². The summed E-state index contributed by atoms with van der Waals surface area (Å²) in [5, 5.41) is 9.21. The van der Waals surface area contributed by atoms with Gasteiger partial charge in [-0.05, 0) is 25.0 Å². The Labute approximate surface area is 106 Å². The molecule has 4 nitrogen and oxygen atoms in total. The SMILES string of the molecule is CN(C(=O)CC1(C(=O)O)CCC1)c1ccccc1. The normalized spacial score (nSPS) is 16.7. The molecule has 4 heteroatoms. The van der Waals surface area contributed by atoms with Crippen molar-refractivity contribution in [1.82, 2.24) is 0 Å². The Morgan fingerprint density at radius 2 is 1.89 bits per heavy atom. The average molecular weight is 247 g/mol. The summed E-state index contributed by atoms with van der Waals surface area (Å²) in [6, 6.07) is 9.27. The molecule has 0 saturated heterocycles. The third kappa shape index (κ3) is 2.23. The van der Waals surface area contributed by atoms with Gasteiger partial charge < -0.3 is 10.0 Å². The van der Waals surface area contributed by atoms with Crippen molar-refractivity contribution in [3.8, 4) is 0 Å². The second-order valence-corrected chi connectivity index (χ2v) is 4.90. The van der Waals surface area contributed by atoms with Gasteiger partial charge in [0, 0.05) is 19.2 Å². The molecule has 0 atom stereocenters. The molecule has 0 heterocycles. The lowest BCUT2D eigenvalue weighted by Gasteiger charge is -2.37. The first kappa shape index (κ1) is 12.6. The second-order valence-electron chi connectivity index (χ2n) is 4.90. The molecular formula is C14H17NO3. The monoisotopic (exact) mass is 247 g/mol. The summed E-state index contributed by atoms with van der Waals surface area (Å²) in [7, 11) is 1.69. The number of anilines is 1. The maximum Gasteiger partial charge on any atom is 0.310 e. The number of carboxylic acid groups (broad SMARTS) is 1. The van der Waals surface area contributed by atoms with Gasteiger partial charge >= 0.3 is 5.97 Å². The standard InChI is InChI=1S/C14H17NO3/c1-15(11-6-3-2-4-7-11)12(16)10-14(13(17)18)8-5-9-14/h2-4,6-7H,5,8-10H2,1H3,(H,17,18). The van der Waals surface area contributed by atoms with Gasteiger partial charge in [-0.2, -0.15) is 0 Å². The summed E-state index contributed by atoms with van der Waals surface area (Å²) >= 11 is 0. The van der Waals surface area contributed by atoms with Gasteiger partial charge in [-0.15, -0.1) is 0 Å². The number of carbonyl (C=O) groups is 2. The van der Waals surface area contributed by atoms with Crippen LogP contribution in [0.1, 0.15) is 25.7 Å². The van der Waals surface area contributed by atoms with Crippen molar-refractivity contribution in [1.29, 1.82) is 0 Å². The van der Waals surface area contributed by atoms with Crippen molar-refractivity contribution in [2.24, 2.45) is 5.41 Å². The minimum absolute atomic E-state index is 0.0910. The van der Waals surface area contributed by atoms with Crippen molar-refractivity contribution in [2.45, 2.75) is 25.7 Å². The predicted molar refractivity (Wildman–Crippen MR) is 68.4 cm³/mol. The molecule has 18 heavy (non-hydrogen) atoms. The van der Waals surface area contributed by atoms with Gasteiger partial charge in [0.1, 0.15) is 0 Å². The molecule has 1 saturated carbocycles. The highest BCUT2D eigenvalue weighted by molar-refractivity contribution is 5.96. The first-order valence-electron chi connectivity index (χ1n) is 6.10. The number of benzene rings is 1. The zero-order valence-electron chi connectivity index (χ0n) is 10.4. The summed E-state index contributed by atoms with van der Waals surface area (Å²) in [6.45, 7) is 0. The van der Waals surface area contributed by atoms with Crippen molar-refractivity contribution in [3.63, 3.8) is 0 Å². The molecule has 1 fully saturated rings. The number of hydrogen-bond acceptors (Lipinski definition) is 2. The van der Waals surface area contributed by atoms with Crippen LogP contribution in [0.25, 0.3) is 0 Å². The van der Waals surface area contributed by atoms with Crippen LogP contribution in [0.3, 0.4) is 0 Å². The van der Waals surface area contributed by atoms with Gasteiger partial charge in [0.25, 0.3) is 0 Å². The molecule has 0 spiro atoms. The Morgan fingerprint density at radius 1 is 1.28 bits per heavy atom. The molecule has 0 aromatic heterocycles. The van der Waals surface area contributed by atoms with E-state index in [0.717, 1.165) is 12.1 Å². The summed E-state index contributed by atoms with van der Waals surface area (Å²) in [6.07, 6.45) is 2.20. The fourth-order valence-corrected chi connectivity index (χ4v) is 2.27. The third-order valence-electron chi connectivity index (χ3n) is 3.77. The fraction of sp³-hybridized carbons (Fsp3) is 0.429. The average Bonchev–Trinajstić information content (AvgIpc) is 2.33. The zero-order valence-corrected chi connectivity index (χ0v) is 10.4. The van der Waals surface area contributed by atoms with Crippen LogP contribution in [-0.2, 0) is 9.59 Å². The van der Waals surface area contributed by atoms with Crippen LogP contribution in [-0.4, -0.2) is 24.0 Å². The minimum Gasteiger partial charge on any atom is -0.481 e. The molecule has 1 aliphatic carbocycles. The van der Waals surface area contributed by atoms with E-state index in [1.165, 1.54) is 4.90 Å². The highest BCUT2D eigenvalue weighted by Crippen LogP contribution is 2.44. The van der Waals surface area contributed by atoms with E-state index < -0.39 is 11.4 Å². The number of carbonyl (C=O) groups excluding carboxylic acids is 1. The Hall–Kier alpha value is -1.84. The summed E-state index contributed by atoms with van der Waals surface area (Å²) < 4.78 is 0. The Morgan fingerprint density at radius 3 is 2.33 bits per heavy atom. The van der Waals surface area contributed by atoms with Crippen LogP contribution >= 0.6 is 0 Å².